The zero-order valence-electron chi connectivity index (χ0n) is 34.1. The Balaban J connectivity index is 1.26. The molecule has 10 rings (SSSR count). The molecule has 1 aliphatic heterocycles. The maximum absolute atomic E-state index is 9.85. The van der Waals surface area contributed by atoms with E-state index in [9.17, 15) is 5.41 Å². The maximum atomic E-state index is 9.85. The number of anilines is 3. The number of benzene rings is 9. The second-order valence-corrected chi connectivity index (χ2v) is 15.4. The monoisotopic (exact) mass is 793 g/mol. The third-order valence-corrected chi connectivity index (χ3v) is 11.5. The first-order valence-electron chi connectivity index (χ1n) is 21.0. The number of allylic oxidation sites excluding steroid dienone is 1. The molecule has 0 radical (unpaired) electrons. The Bertz CT molecular complexity index is 2990. The summed E-state index contributed by atoms with van der Waals surface area (Å²) in [6, 6.07) is 85.1. The molecule has 0 saturated carbocycles. The number of fused-ring (bicyclic) bond motifs is 1. The Morgan fingerprint density at radius 2 is 0.823 bits per heavy atom. The van der Waals surface area contributed by atoms with Gasteiger partial charge in [0.1, 0.15) is 0 Å². The fourth-order valence-electron chi connectivity index (χ4n) is 8.43. The highest BCUT2D eigenvalue weighted by Crippen LogP contribution is 2.46. The zero-order valence-corrected chi connectivity index (χ0v) is 34.1. The van der Waals surface area contributed by atoms with Crippen molar-refractivity contribution >= 4 is 45.8 Å². The van der Waals surface area contributed by atoms with E-state index in [2.05, 4.69) is 204 Å². The molecule has 62 heavy (non-hydrogen) atoms. The van der Waals surface area contributed by atoms with Crippen molar-refractivity contribution in [3.8, 4) is 33.4 Å². The Kier molecular flexibility index (Phi) is 10.5. The molecule has 3 heteroatoms. The molecule has 0 bridgehead atoms. The third kappa shape index (κ3) is 7.67. The first kappa shape index (κ1) is 38.0. The van der Waals surface area contributed by atoms with E-state index >= 15 is 0 Å². The molecule has 1 heterocycles. The zero-order chi connectivity index (χ0) is 41.7. The van der Waals surface area contributed by atoms with E-state index in [4.69, 9.17) is 0 Å². The number of hydrogen-bond donors (Lipinski definition) is 2. The first-order valence-corrected chi connectivity index (χ1v) is 21.0. The summed E-state index contributed by atoms with van der Waals surface area (Å²) < 4.78 is 0. The van der Waals surface area contributed by atoms with Gasteiger partial charge >= 0.3 is 0 Å². The molecule has 0 atom stereocenters. The normalized spacial score (nSPS) is 12.7. The summed E-state index contributed by atoms with van der Waals surface area (Å²) in [7, 11) is 0. The first-order chi connectivity index (χ1) is 30.7. The van der Waals surface area contributed by atoms with Gasteiger partial charge in [-0.15, -0.1) is 0 Å². The molecular weight excluding hydrogens is 751 g/mol. The van der Waals surface area contributed by atoms with Crippen LogP contribution in [0.4, 0.5) is 17.1 Å². The van der Waals surface area contributed by atoms with Crippen LogP contribution in [0.5, 0.6) is 0 Å². The molecule has 0 saturated heterocycles. The highest BCUT2D eigenvalue weighted by molar-refractivity contribution is 6.36. The lowest BCUT2D eigenvalue weighted by Crippen LogP contribution is -2.22. The lowest BCUT2D eigenvalue weighted by molar-refractivity contribution is 1.20. The summed E-state index contributed by atoms with van der Waals surface area (Å²) in [4.78, 5) is 2.40. The van der Waals surface area contributed by atoms with Crippen molar-refractivity contribution in [3.05, 3.63) is 270 Å². The van der Waals surface area contributed by atoms with Gasteiger partial charge in [-0.05, 0) is 87.0 Å². The van der Waals surface area contributed by atoms with E-state index in [1.54, 1.807) is 0 Å². The van der Waals surface area contributed by atoms with Gasteiger partial charge in [-0.1, -0.05) is 206 Å². The van der Waals surface area contributed by atoms with Gasteiger partial charge in [-0.3, -0.25) is 5.41 Å². The van der Waals surface area contributed by atoms with Crippen LogP contribution in [0.15, 0.2) is 243 Å². The third-order valence-electron chi connectivity index (χ3n) is 11.5. The maximum Gasteiger partial charge on any atom is 0.0711 e. The molecule has 2 N–H and O–H groups in total. The van der Waals surface area contributed by atoms with Gasteiger partial charge in [-0.25, -0.2) is 0 Å². The summed E-state index contributed by atoms with van der Waals surface area (Å²) in [6.45, 7) is 0. The molecule has 0 unspecified atom stereocenters. The van der Waals surface area contributed by atoms with E-state index in [-0.39, 0.29) is 0 Å². The van der Waals surface area contributed by atoms with E-state index < -0.39 is 0 Å². The smallest absolute Gasteiger partial charge is 0.0711 e. The van der Waals surface area contributed by atoms with E-state index in [1.165, 1.54) is 5.56 Å². The van der Waals surface area contributed by atoms with Crippen LogP contribution in [0, 0.1) is 5.41 Å². The topological polar surface area (TPSA) is 39.1 Å². The summed E-state index contributed by atoms with van der Waals surface area (Å²) >= 11 is 0. The number of nitrogens with one attached hydrogen (secondary N) is 2. The number of rotatable bonds is 10. The van der Waals surface area contributed by atoms with Crippen LogP contribution in [0.1, 0.15) is 27.8 Å². The van der Waals surface area contributed by atoms with Crippen molar-refractivity contribution in [3.63, 3.8) is 0 Å². The van der Waals surface area contributed by atoms with Crippen molar-refractivity contribution in [1.82, 2.24) is 5.32 Å². The second-order valence-electron chi connectivity index (χ2n) is 15.4. The Morgan fingerprint density at radius 3 is 1.35 bits per heavy atom. The minimum Gasteiger partial charge on any atom is -0.354 e. The van der Waals surface area contributed by atoms with Crippen LogP contribution >= 0.6 is 0 Å². The highest BCUT2D eigenvalue weighted by atomic mass is 15.1. The van der Waals surface area contributed by atoms with Gasteiger partial charge in [0.15, 0.2) is 0 Å². The Hall–Kier alpha value is -8.27. The molecule has 0 fully saturated rings. The van der Waals surface area contributed by atoms with Crippen LogP contribution in [-0.2, 0) is 0 Å². The summed E-state index contributed by atoms with van der Waals surface area (Å²) in [5.41, 5.74) is 18.0. The van der Waals surface area contributed by atoms with Gasteiger partial charge in [0.25, 0.3) is 0 Å². The molecular formula is C59H43N3. The van der Waals surface area contributed by atoms with Crippen LogP contribution < -0.4 is 10.2 Å². The van der Waals surface area contributed by atoms with Gasteiger partial charge in [0.05, 0.1) is 17.1 Å². The lowest BCUT2D eigenvalue weighted by atomic mass is 9.87. The van der Waals surface area contributed by atoms with Gasteiger partial charge in [-0.2, -0.15) is 0 Å². The fraction of sp³-hybridized carbons (Fsp3) is 0. The second kappa shape index (κ2) is 17.1. The molecule has 3 nitrogen and oxygen atoms in total. The number of hydrogen-bond acceptors (Lipinski definition) is 3. The van der Waals surface area contributed by atoms with Crippen molar-refractivity contribution in [2.24, 2.45) is 0 Å². The van der Waals surface area contributed by atoms with Crippen LogP contribution in [0.3, 0.4) is 0 Å². The molecule has 0 spiro atoms. The van der Waals surface area contributed by atoms with Crippen molar-refractivity contribution in [2.75, 3.05) is 4.90 Å². The predicted molar refractivity (Wildman–Crippen MR) is 261 cm³/mol. The quantitative estimate of drug-likeness (QED) is 0.135. The van der Waals surface area contributed by atoms with Crippen molar-refractivity contribution in [1.29, 1.82) is 5.41 Å². The molecule has 0 aliphatic carbocycles. The molecule has 294 valence electrons. The molecule has 9 aromatic rings. The molecule has 9 aromatic carbocycles. The average Bonchev–Trinajstić information content (AvgIpc) is 3.36. The summed E-state index contributed by atoms with van der Waals surface area (Å²) in [5, 5.41) is 13.7. The minimum atomic E-state index is 0.446. The SMILES string of the molecule is N=C(/C(=C1\NC(c2ccccc2)=Cc2c1cccc2N(c1ccc(-c2ccccc2)cc1)c1cc(-c2ccccc2)cc(-c2ccccc2)c1)c1ccccc1)c1ccccc1. The van der Waals surface area contributed by atoms with Gasteiger partial charge in [0, 0.05) is 39.3 Å². The van der Waals surface area contributed by atoms with Crippen LogP contribution in [0.2, 0.25) is 0 Å². The van der Waals surface area contributed by atoms with Crippen molar-refractivity contribution < 1.29 is 0 Å². The van der Waals surface area contributed by atoms with Gasteiger partial charge in [0.2, 0.25) is 0 Å². The lowest BCUT2D eigenvalue weighted by Gasteiger charge is -2.32. The summed E-state index contributed by atoms with van der Waals surface area (Å²) in [6.07, 6.45) is 2.28. The van der Waals surface area contributed by atoms with Crippen LogP contribution in [0.25, 0.3) is 56.4 Å². The molecule has 0 amide bonds. The minimum absolute atomic E-state index is 0.446. The Morgan fingerprint density at radius 1 is 0.371 bits per heavy atom. The predicted octanol–water partition coefficient (Wildman–Crippen LogP) is 15.2. The summed E-state index contributed by atoms with van der Waals surface area (Å²) in [5.74, 6) is 0. The Labute approximate surface area is 363 Å². The van der Waals surface area contributed by atoms with Crippen LogP contribution in [-0.4, -0.2) is 5.71 Å². The fourth-order valence-corrected chi connectivity index (χ4v) is 8.43. The molecule has 0 aromatic heterocycles. The standard InChI is InChI=1S/C59H43N3/c60-58(48-30-17-6-18-31-48)57(47-28-15-5-16-29-47)59-53-32-19-33-56(54(53)41-55(61-59)46-26-13-4-14-27-46)62(51-36-34-45(35-37-51)42-20-7-1-8-21-42)52-39-49(43-22-9-2-10-23-43)38-50(40-52)44-24-11-3-12-25-44/h1-41,60-61H/b59-57-,60-58?. The average molecular weight is 794 g/mol. The van der Waals surface area contributed by atoms with E-state index in [1.807, 2.05) is 54.6 Å². The van der Waals surface area contributed by atoms with E-state index in [0.29, 0.717) is 5.71 Å². The van der Waals surface area contributed by atoms with Gasteiger partial charge < -0.3 is 10.2 Å². The van der Waals surface area contributed by atoms with Crippen molar-refractivity contribution in [2.45, 2.75) is 0 Å². The molecule has 1 aliphatic rings. The highest BCUT2D eigenvalue weighted by Gasteiger charge is 2.28. The largest absolute Gasteiger partial charge is 0.354 e. The number of nitrogens with zero attached hydrogens (tertiary/aromatic N) is 1. The van der Waals surface area contributed by atoms with E-state index in [0.717, 1.165) is 89.7 Å².